The molecular formula is C31H33F3N6O2S. The van der Waals surface area contributed by atoms with Crippen molar-refractivity contribution in [1.82, 2.24) is 14.9 Å². The highest BCUT2D eigenvalue weighted by Crippen LogP contribution is 2.56. The van der Waals surface area contributed by atoms with Crippen LogP contribution >= 0.6 is 11.8 Å². The Morgan fingerprint density at radius 1 is 1.19 bits per heavy atom. The van der Waals surface area contributed by atoms with E-state index in [9.17, 15) is 18.8 Å². The molecule has 0 spiro atoms. The molecule has 2 fully saturated rings. The van der Waals surface area contributed by atoms with Gasteiger partial charge in [0.2, 0.25) is 5.88 Å². The van der Waals surface area contributed by atoms with Crippen molar-refractivity contribution in [3.63, 3.8) is 0 Å². The minimum Gasteiger partial charge on any atom is -0.476 e. The smallest absolute Gasteiger partial charge is 0.293 e. The third-order valence-corrected chi connectivity index (χ3v) is 8.74. The van der Waals surface area contributed by atoms with E-state index in [-0.39, 0.29) is 33.9 Å². The Labute approximate surface area is 253 Å². The molecule has 5 rings (SSSR count). The van der Waals surface area contributed by atoms with Gasteiger partial charge < -0.3 is 14.5 Å². The number of fused-ring (bicyclic) bond motifs is 2. The lowest BCUT2D eigenvalue weighted by Crippen LogP contribution is -2.63. The number of aromatic nitrogens is 2. The highest BCUT2D eigenvalue weighted by atomic mass is 32.2. The number of aryl methyl sites for hydroxylation is 1. The van der Waals surface area contributed by atoms with Crippen molar-refractivity contribution in [1.29, 1.82) is 5.26 Å². The van der Waals surface area contributed by atoms with Crippen LogP contribution in [0.5, 0.6) is 5.88 Å². The molecule has 0 N–H and O–H groups in total. The molecule has 0 saturated carbocycles. The van der Waals surface area contributed by atoms with Crippen molar-refractivity contribution >= 4 is 39.9 Å². The number of halogens is 3. The molecule has 0 aliphatic carbocycles. The number of nitrogens with zero attached hydrogens (tertiary/aromatic N) is 6. The van der Waals surface area contributed by atoms with Gasteiger partial charge in [-0.3, -0.25) is 9.69 Å². The number of nitriles is 1. The summed E-state index contributed by atoms with van der Waals surface area (Å²) in [7, 11) is 3.84. The minimum absolute atomic E-state index is 0.144. The lowest BCUT2D eigenvalue weighted by Gasteiger charge is -2.46. The average Bonchev–Trinajstić information content (AvgIpc) is 3.72. The summed E-state index contributed by atoms with van der Waals surface area (Å²) in [6.07, 6.45) is 2.46. The van der Waals surface area contributed by atoms with Crippen LogP contribution in [0.25, 0.3) is 10.9 Å². The Hall–Kier alpha value is -3.82. The van der Waals surface area contributed by atoms with E-state index in [2.05, 4.69) is 9.97 Å². The number of benzene rings is 2. The van der Waals surface area contributed by atoms with Gasteiger partial charge in [-0.2, -0.15) is 19.0 Å². The molecule has 3 heterocycles. The topological polar surface area (TPSA) is 85.6 Å². The van der Waals surface area contributed by atoms with Crippen LogP contribution in [-0.2, 0) is 17.1 Å². The van der Waals surface area contributed by atoms with Gasteiger partial charge in [0.15, 0.2) is 5.82 Å². The normalized spacial score (nSPS) is 19.7. The Balaban J connectivity index is 1.54. The van der Waals surface area contributed by atoms with E-state index in [0.717, 1.165) is 6.08 Å². The van der Waals surface area contributed by atoms with Gasteiger partial charge in [0.1, 0.15) is 34.2 Å². The third-order valence-electron chi connectivity index (χ3n) is 7.56. The van der Waals surface area contributed by atoms with E-state index in [0.29, 0.717) is 36.5 Å². The molecule has 1 amide bonds. The first-order valence-electron chi connectivity index (χ1n) is 14.0. The van der Waals surface area contributed by atoms with Crippen LogP contribution in [0.2, 0.25) is 0 Å². The van der Waals surface area contributed by atoms with Gasteiger partial charge in [0.05, 0.1) is 17.0 Å². The molecule has 43 heavy (non-hydrogen) atoms. The van der Waals surface area contributed by atoms with Crippen LogP contribution in [0.1, 0.15) is 44.6 Å². The number of alkyl halides is 2. The van der Waals surface area contributed by atoms with Gasteiger partial charge in [0, 0.05) is 29.9 Å². The number of allylic oxidation sites excluding steroid dienone is 2. The summed E-state index contributed by atoms with van der Waals surface area (Å²) >= 11 is 1.46. The Kier molecular flexibility index (Phi) is 8.09. The molecule has 226 valence electrons. The number of thioether (sulfide) groups is 1. The van der Waals surface area contributed by atoms with Crippen molar-refractivity contribution in [3.05, 3.63) is 65.3 Å². The number of carbonyl (C=O) groups excluding carboxylic acids is 1. The van der Waals surface area contributed by atoms with Crippen LogP contribution in [0, 0.1) is 17.1 Å². The molecule has 1 aromatic heterocycles. The Bertz CT molecular complexity index is 1650. The van der Waals surface area contributed by atoms with Crippen molar-refractivity contribution in [2.45, 2.75) is 56.3 Å². The number of amides is 1. The highest BCUT2D eigenvalue weighted by Gasteiger charge is 2.61. The van der Waals surface area contributed by atoms with Gasteiger partial charge in [-0.25, -0.2) is 9.37 Å². The second kappa shape index (κ2) is 11.4. The maximum atomic E-state index is 15.7. The summed E-state index contributed by atoms with van der Waals surface area (Å²) < 4.78 is 51.5. The van der Waals surface area contributed by atoms with Gasteiger partial charge in [-0.15, -0.1) is 11.8 Å². The second-order valence-electron chi connectivity index (χ2n) is 11.3. The second-order valence-corrected chi connectivity index (χ2v) is 12.5. The van der Waals surface area contributed by atoms with E-state index in [1.807, 2.05) is 36.9 Å². The van der Waals surface area contributed by atoms with Crippen LogP contribution in [0.15, 0.2) is 42.5 Å². The monoisotopic (exact) mass is 610 g/mol. The number of anilines is 2. The number of hydrogen-bond donors (Lipinski definition) is 0. The fraction of sp³-hybridized carbons (Fsp3) is 0.419. The summed E-state index contributed by atoms with van der Waals surface area (Å²) in [4.78, 5) is 28.3. The van der Waals surface area contributed by atoms with Crippen LogP contribution in [0.4, 0.5) is 24.5 Å². The van der Waals surface area contributed by atoms with Crippen molar-refractivity contribution in [2.75, 3.05) is 37.0 Å². The molecule has 2 aliphatic rings. The number of likely N-dealkylation sites (N-methyl/N-ethyl adjacent to an activating group) is 1. The summed E-state index contributed by atoms with van der Waals surface area (Å²) in [5.74, 6) is -3.55. The minimum atomic E-state index is -3.39. The predicted octanol–water partition coefficient (Wildman–Crippen LogP) is 5.84. The maximum absolute atomic E-state index is 15.7. The zero-order valence-corrected chi connectivity index (χ0v) is 25.7. The number of rotatable bonds is 9. The van der Waals surface area contributed by atoms with E-state index in [1.165, 1.54) is 53.9 Å². The molecule has 0 radical (unpaired) electrons. The fourth-order valence-electron chi connectivity index (χ4n) is 5.32. The molecule has 2 atom stereocenters. The summed E-state index contributed by atoms with van der Waals surface area (Å²) in [6, 6.07) is 9.00. The molecule has 12 heteroatoms. The first kappa shape index (κ1) is 30.6. The van der Waals surface area contributed by atoms with E-state index in [4.69, 9.17) is 4.74 Å². The zero-order chi connectivity index (χ0) is 31.3. The van der Waals surface area contributed by atoms with Crippen LogP contribution in [-0.4, -0.2) is 64.3 Å². The van der Waals surface area contributed by atoms with Crippen LogP contribution < -0.4 is 14.5 Å². The molecule has 2 aromatic carbocycles. The Morgan fingerprint density at radius 3 is 2.58 bits per heavy atom. The molecule has 8 nitrogen and oxygen atoms in total. The van der Waals surface area contributed by atoms with Crippen molar-refractivity contribution in [3.8, 4) is 11.9 Å². The van der Waals surface area contributed by atoms with E-state index < -0.39 is 28.2 Å². The van der Waals surface area contributed by atoms with Gasteiger partial charge in [-0.05, 0) is 71.3 Å². The molecule has 2 unspecified atom stereocenters. The predicted molar refractivity (Wildman–Crippen MR) is 162 cm³/mol. The zero-order valence-electron chi connectivity index (χ0n) is 24.9. The first-order chi connectivity index (χ1) is 20.3. The van der Waals surface area contributed by atoms with Crippen LogP contribution in [0.3, 0.4) is 0 Å². The van der Waals surface area contributed by atoms with E-state index in [1.54, 1.807) is 19.9 Å². The molecule has 2 aliphatic heterocycles. The third kappa shape index (κ3) is 5.52. The molecule has 0 bridgehead atoms. The number of ether oxygens (including phenoxy) is 1. The number of carbonyl (C=O) groups is 1. The van der Waals surface area contributed by atoms with Gasteiger partial charge >= 0.3 is 0 Å². The van der Waals surface area contributed by atoms with E-state index >= 15 is 4.39 Å². The quantitative estimate of drug-likeness (QED) is 0.221. The SMILES string of the molecule is C/C=C/C(F)(F)c1cc(N2C(=O)C(C)(C)N(c3cc(F)c4nc(CC)nc(OCCN(C)C)c4c3)C3SC32)ccc1C#N. The average molecular weight is 611 g/mol. The number of hydrogen-bond acceptors (Lipinski definition) is 8. The largest absolute Gasteiger partial charge is 0.476 e. The summed E-state index contributed by atoms with van der Waals surface area (Å²) in [5.41, 5.74) is -0.927. The summed E-state index contributed by atoms with van der Waals surface area (Å²) in [6.45, 7) is 7.79. The van der Waals surface area contributed by atoms with Gasteiger partial charge in [0.25, 0.3) is 11.8 Å². The van der Waals surface area contributed by atoms with Crippen molar-refractivity contribution in [2.24, 2.45) is 0 Å². The fourth-order valence-corrected chi connectivity index (χ4v) is 6.60. The molecular weight excluding hydrogens is 577 g/mol. The lowest BCUT2D eigenvalue weighted by atomic mass is 9.94. The number of piperazine rings is 1. The molecule has 3 aromatic rings. The summed E-state index contributed by atoms with van der Waals surface area (Å²) in [5, 5.41) is 9.21. The molecule has 2 saturated heterocycles. The first-order valence-corrected chi connectivity index (χ1v) is 14.9. The van der Waals surface area contributed by atoms with Crippen molar-refractivity contribution < 1.29 is 22.7 Å². The van der Waals surface area contributed by atoms with Gasteiger partial charge in [-0.1, -0.05) is 13.0 Å². The standard InChI is InChI=1S/C31H33F3N6O2S/c1-7-11-31(33,34)22-15-19(10-9-18(22)17-35)39-27-28(43-27)40(30(3,4)29(39)41)20-14-21-25(23(32)16-20)36-24(8-2)37-26(21)42-13-12-38(5)6/h7,9-11,14-16,27-28H,8,12-13H2,1-6H3/b11-7+. The lowest BCUT2D eigenvalue weighted by molar-refractivity contribution is -0.123. The Morgan fingerprint density at radius 2 is 1.93 bits per heavy atom. The highest BCUT2D eigenvalue weighted by molar-refractivity contribution is 8.08. The maximum Gasteiger partial charge on any atom is 0.293 e.